The van der Waals surface area contributed by atoms with Crippen molar-refractivity contribution in [1.82, 2.24) is 4.68 Å². The van der Waals surface area contributed by atoms with Crippen LogP contribution in [0.2, 0.25) is 0 Å². The molecule has 1 aromatic carbocycles. The zero-order valence-corrected chi connectivity index (χ0v) is 14.3. The van der Waals surface area contributed by atoms with Gasteiger partial charge in [0.2, 0.25) is 0 Å². The van der Waals surface area contributed by atoms with Crippen LogP contribution in [0.5, 0.6) is 0 Å². The molecular weight excluding hydrogens is 314 g/mol. The van der Waals surface area contributed by atoms with E-state index in [-0.39, 0.29) is 5.56 Å². The maximum atomic E-state index is 12.3. The van der Waals surface area contributed by atoms with Gasteiger partial charge in [0.15, 0.2) is 0 Å². The minimum absolute atomic E-state index is 0.0996. The van der Waals surface area contributed by atoms with Gasteiger partial charge >= 0.3 is 0 Å². The number of hydrogen-bond acceptors (Lipinski definition) is 4. The van der Waals surface area contributed by atoms with Gasteiger partial charge < -0.3 is 4.42 Å². The summed E-state index contributed by atoms with van der Waals surface area (Å²) in [7, 11) is 0. The summed E-state index contributed by atoms with van der Waals surface area (Å²) in [6.45, 7) is 5.54. The fourth-order valence-corrected chi connectivity index (χ4v) is 2.57. The molecule has 0 atom stereocenters. The van der Waals surface area contributed by atoms with Gasteiger partial charge in [-0.2, -0.15) is 10.4 Å². The van der Waals surface area contributed by atoms with Gasteiger partial charge in [0, 0.05) is 11.3 Å². The van der Waals surface area contributed by atoms with Crippen LogP contribution in [-0.4, -0.2) is 10.9 Å². The maximum Gasteiger partial charge on any atom is 0.289 e. The molecule has 3 rings (SSSR count). The summed E-state index contributed by atoms with van der Waals surface area (Å²) < 4.78 is 6.97. The number of hydrogen-bond donors (Lipinski definition) is 0. The number of pyridine rings is 1. The standard InChI is InChI=1S/C20H17N3O2/c1-13-4-6-16(7-5-13)19-9-8-17(25-19)12-22-23-15(3)10-14(2)18(11-21)20(23)24/h4-10,12H,1-3H3. The van der Waals surface area contributed by atoms with Crippen LogP contribution in [0.4, 0.5) is 0 Å². The SMILES string of the molecule is Cc1ccc(-c2ccc(C=Nn3c(C)cc(C)c(C#N)c3=O)o2)cc1. The van der Waals surface area contributed by atoms with E-state index in [1.807, 2.05) is 43.3 Å². The second kappa shape index (κ2) is 6.62. The molecule has 2 aromatic heterocycles. The van der Waals surface area contributed by atoms with Gasteiger partial charge in [-0.05, 0) is 44.5 Å². The second-order valence-electron chi connectivity index (χ2n) is 5.89. The molecule has 0 bridgehead atoms. The monoisotopic (exact) mass is 331 g/mol. The first-order chi connectivity index (χ1) is 12.0. The van der Waals surface area contributed by atoms with Gasteiger partial charge in [0.05, 0.1) is 6.21 Å². The Hall–Kier alpha value is -3.39. The number of benzene rings is 1. The number of rotatable bonds is 3. The highest BCUT2D eigenvalue weighted by atomic mass is 16.3. The predicted octanol–water partition coefficient (Wildman–Crippen LogP) is 3.79. The third kappa shape index (κ3) is 3.29. The van der Waals surface area contributed by atoms with Crippen LogP contribution in [0.15, 0.2) is 56.8 Å². The zero-order chi connectivity index (χ0) is 18.0. The molecule has 0 fully saturated rings. The Morgan fingerprint density at radius 3 is 2.52 bits per heavy atom. The predicted molar refractivity (Wildman–Crippen MR) is 96.8 cm³/mol. The molecule has 0 saturated carbocycles. The Balaban J connectivity index is 1.93. The molecule has 0 spiro atoms. The van der Waals surface area contributed by atoms with E-state index in [2.05, 4.69) is 5.10 Å². The smallest absolute Gasteiger partial charge is 0.289 e. The lowest BCUT2D eigenvalue weighted by Crippen LogP contribution is -2.22. The second-order valence-corrected chi connectivity index (χ2v) is 5.89. The molecule has 0 radical (unpaired) electrons. The number of nitrogens with zero attached hydrogens (tertiary/aromatic N) is 3. The normalized spacial score (nSPS) is 11.0. The van der Waals surface area contributed by atoms with Gasteiger partial charge in [-0.25, -0.2) is 4.68 Å². The van der Waals surface area contributed by atoms with E-state index >= 15 is 0 Å². The highest BCUT2D eigenvalue weighted by molar-refractivity contribution is 5.77. The zero-order valence-electron chi connectivity index (χ0n) is 14.3. The number of furan rings is 1. The van der Waals surface area contributed by atoms with Crippen molar-refractivity contribution < 1.29 is 4.42 Å². The Morgan fingerprint density at radius 1 is 1.12 bits per heavy atom. The van der Waals surface area contributed by atoms with Gasteiger partial charge in [-0.3, -0.25) is 4.79 Å². The van der Waals surface area contributed by atoms with Crippen LogP contribution in [0.3, 0.4) is 0 Å². The molecule has 5 nitrogen and oxygen atoms in total. The summed E-state index contributed by atoms with van der Waals surface area (Å²) in [6, 6.07) is 15.4. The van der Waals surface area contributed by atoms with Crippen molar-refractivity contribution in [2.75, 3.05) is 0 Å². The van der Waals surface area contributed by atoms with E-state index in [9.17, 15) is 4.79 Å². The Bertz CT molecular complexity index is 1050. The minimum atomic E-state index is -0.429. The summed E-state index contributed by atoms with van der Waals surface area (Å²) >= 11 is 0. The molecule has 25 heavy (non-hydrogen) atoms. The van der Waals surface area contributed by atoms with Crippen LogP contribution in [0.25, 0.3) is 11.3 Å². The molecule has 0 saturated heterocycles. The first kappa shape index (κ1) is 16.5. The van der Waals surface area contributed by atoms with Gasteiger partial charge in [0.1, 0.15) is 23.2 Å². The van der Waals surface area contributed by atoms with Crippen LogP contribution in [0.1, 0.15) is 28.1 Å². The summed E-state index contributed by atoms with van der Waals surface area (Å²) in [5.74, 6) is 1.26. The van der Waals surface area contributed by atoms with Gasteiger partial charge in [-0.1, -0.05) is 29.8 Å². The molecular formula is C20H17N3O2. The van der Waals surface area contributed by atoms with Crippen molar-refractivity contribution in [2.45, 2.75) is 20.8 Å². The molecule has 3 aromatic rings. The molecule has 0 aliphatic heterocycles. The molecule has 0 N–H and O–H groups in total. The highest BCUT2D eigenvalue weighted by Gasteiger charge is 2.09. The van der Waals surface area contributed by atoms with Crippen molar-refractivity contribution in [1.29, 1.82) is 5.26 Å². The molecule has 0 unspecified atom stereocenters. The molecule has 124 valence electrons. The molecule has 0 aliphatic rings. The Labute approximate surface area is 145 Å². The average Bonchev–Trinajstić information content (AvgIpc) is 3.04. The molecule has 2 heterocycles. The van der Waals surface area contributed by atoms with Gasteiger partial charge in [0.25, 0.3) is 5.56 Å². The first-order valence-corrected chi connectivity index (χ1v) is 7.84. The summed E-state index contributed by atoms with van der Waals surface area (Å²) in [6.07, 6.45) is 1.47. The maximum absolute atomic E-state index is 12.3. The van der Waals surface area contributed by atoms with E-state index < -0.39 is 5.56 Å². The summed E-state index contributed by atoms with van der Waals surface area (Å²) in [5.41, 5.74) is 3.13. The van der Waals surface area contributed by atoms with Crippen LogP contribution in [-0.2, 0) is 0 Å². The third-order valence-corrected chi connectivity index (χ3v) is 3.94. The summed E-state index contributed by atoms with van der Waals surface area (Å²) in [4.78, 5) is 12.3. The van der Waals surface area contributed by atoms with Crippen molar-refractivity contribution in [3.05, 3.63) is 81.0 Å². The van der Waals surface area contributed by atoms with Crippen LogP contribution >= 0.6 is 0 Å². The quantitative estimate of drug-likeness (QED) is 0.686. The van der Waals surface area contributed by atoms with E-state index in [4.69, 9.17) is 9.68 Å². The molecule has 0 amide bonds. The lowest BCUT2D eigenvalue weighted by Gasteiger charge is -2.05. The fraction of sp³-hybridized carbons (Fsp3) is 0.150. The van der Waals surface area contributed by atoms with Crippen molar-refractivity contribution in [2.24, 2.45) is 5.10 Å². The van der Waals surface area contributed by atoms with E-state index in [1.165, 1.54) is 16.5 Å². The highest BCUT2D eigenvalue weighted by Crippen LogP contribution is 2.21. The molecule has 0 aliphatic carbocycles. The average molecular weight is 331 g/mol. The van der Waals surface area contributed by atoms with Crippen molar-refractivity contribution in [3.8, 4) is 17.4 Å². The topological polar surface area (TPSA) is 71.3 Å². The number of aromatic nitrogens is 1. The molecule has 5 heteroatoms. The van der Waals surface area contributed by atoms with Crippen LogP contribution in [0, 0.1) is 32.1 Å². The van der Waals surface area contributed by atoms with E-state index in [1.54, 1.807) is 26.0 Å². The van der Waals surface area contributed by atoms with E-state index in [0.29, 0.717) is 17.0 Å². The van der Waals surface area contributed by atoms with Gasteiger partial charge in [-0.15, -0.1) is 0 Å². The summed E-state index contributed by atoms with van der Waals surface area (Å²) in [5, 5.41) is 13.3. The van der Waals surface area contributed by atoms with Crippen molar-refractivity contribution in [3.63, 3.8) is 0 Å². The Morgan fingerprint density at radius 2 is 1.84 bits per heavy atom. The van der Waals surface area contributed by atoms with E-state index in [0.717, 1.165) is 11.3 Å². The lowest BCUT2D eigenvalue weighted by atomic mass is 10.1. The Kier molecular flexibility index (Phi) is 4.36. The van der Waals surface area contributed by atoms with Crippen LogP contribution < -0.4 is 5.56 Å². The first-order valence-electron chi connectivity index (χ1n) is 7.84. The number of aryl methyl sites for hydroxylation is 3. The van der Waals surface area contributed by atoms with Crippen molar-refractivity contribution >= 4 is 6.21 Å². The third-order valence-electron chi connectivity index (χ3n) is 3.94. The fourth-order valence-electron chi connectivity index (χ4n) is 2.57. The largest absolute Gasteiger partial charge is 0.455 e. The minimum Gasteiger partial charge on any atom is -0.455 e. The number of nitriles is 1. The lowest BCUT2D eigenvalue weighted by molar-refractivity contribution is 0.574.